The third-order valence-corrected chi connectivity index (χ3v) is 9.04. The Balaban J connectivity index is 1.61. The van der Waals surface area contributed by atoms with Crippen molar-refractivity contribution < 1.29 is 4.79 Å². The van der Waals surface area contributed by atoms with Crippen LogP contribution in [0.5, 0.6) is 0 Å². The van der Waals surface area contributed by atoms with E-state index in [2.05, 4.69) is 79.2 Å². The fraction of sp³-hybridized carbons (Fsp3) is 0.250. The highest BCUT2D eigenvalue weighted by Gasteiger charge is 2.41. The molecule has 0 radical (unpaired) electrons. The van der Waals surface area contributed by atoms with Crippen LogP contribution >= 0.6 is 27.7 Å². The van der Waals surface area contributed by atoms with Crippen LogP contribution in [0.4, 0.5) is 5.69 Å². The summed E-state index contributed by atoms with van der Waals surface area (Å²) in [5.74, 6) is 0.858. The summed E-state index contributed by atoms with van der Waals surface area (Å²) in [4.78, 5) is 16.7. The number of carbonyl (C=O) groups is 1. The minimum atomic E-state index is -0.460. The van der Waals surface area contributed by atoms with Crippen molar-refractivity contribution in [2.24, 2.45) is 5.73 Å². The van der Waals surface area contributed by atoms with Gasteiger partial charge in [0, 0.05) is 38.5 Å². The number of rotatable bonds is 5. The minimum Gasteiger partial charge on any atom is -0.384 e. The molecule has 2 N–H and O–H groups in total. The van der Waals surface area contributed by atoms with Gasteiger partial charge in [-0.15, -0.1) is 11.8 Å². The second-order valence-corrected chi connectivity index (χ2v) is 12.0. The normalized spacial score (nSPS) is 17.5. The van der Waals surface area contributed by atoms with Crippen LogP contribution in [0, 0.1) is 32.1 Å². The fourth-order valence-electron chi connectivity index (χ4n) is 5.46. The minimum absolute atomic E-state index is 0.106. The quantitative estimate of drug-likeness (QED) is 0.308. The van der Waals surface area contributed by atoms with E-state index >= 15 is 0 Å². The number of nitriles is 1. The predicted molar refractivity (Wildman–Crippen MR) is 159 cm³/mol. The van der Waals surface area contributed by atoms with E-state index in [1.165, 1.54) is 21.6 Å². The van der Waals surface area contributed by atoms with Crippen molar-refractivity contribution in [3.8, 4) is 6.07 Å². The number of hydrogen-bond acceptors (Lipinski definition) is 5. The van der Waals surface area contributed by atoms with E-state index in [-0.39, 0.29) is 5.78 Å². The molecule has 0 aromatic heterocycles. The molecule has 192 valence electrons. The zero-order valence-corrected chi connectivity index (χ0v) is 24.2. The number of anilines is 1. The second kappa shape index (κ2) is 10.8. The lowest BCUT2D eigenvalue weighted by Gasteiger charge is -2.40. The molecule has 2 aliphatic rings. The first-order chi connectivity index (χ1) is 18.3. The molecule has 0 saturated heterocycles. The molecule has 3 aromatic rings. The number of Topliss-reactive ketones (excluding diaryl/α,β-unsaturated/α-hetero) is 1. The molecule has 0 fully saturated rings. The second-order valence-electron chi connectivity index (χ2n) is 10.0. The van der Waals surface area contributed by atoms with E-state index < -0.39 is 5.92 Å². The molecule has 1 heterocycles. The van der Waals surface area contributed by atoms with Gasteiger partial charge in [0.2, 0.25) is 0 Å². The van der Waals surface area contributed by atoms with Crippen LogP contribution in [-0.4, -0.2) is 5.78 Å². The van der Waals surface area contributed by atoms with E-state index in [1.807, 2.05) is 29.2 Å². The van der Waals surface area contributed by atoms with Crippen molar-refractivity contribution in [3.05, 3.63) is 116 Å². The standard InChI is InChI=1S/C32H30BrN3OS/c1-19-7-13-25(14-8-19)38-18-22-16-26(21(3)15-20(22)2)30-27(17-34)32(35)36(24-11-9-23(33)10-12-24)28-5-4-6-29(37)31(28)30/h7-16,30H,4-6,18,35H2,1-3H3. The summed E-state index contributed by atoms with van der Waals surface area (Å²) < 4.78 is 0.958. The van der Waals surface area contributed by atoms with Crippen LogP contribution in [0.15, 0.2) is 92.7 Å². The predicted octanol–water partition coefficient (Wildman–Crippen LogP) is 7.97. The maximum absolute atomic E-state index is 13.5. The Morgan fingerprint density at radius 3 is 2.42 bits per heavy atom. The van der Waals surface area contributed by atoms with E-state index in [0.717, 1.165) is 45.6 Å². The molecule has 1 unspecified atom stereocenters. The first kappa shape index (κ1) is 26.3. The van der Waals surface area contributed by atoms with Crippen molar-refractivity contribution in [3.63, 3.8) is 0 Å². The Labute approximate surface area is 237 Å². The van der Waals surface area contributed by atoms with Crippen LogP contribution in [0.3, 0.4) is 0 Å². The number of hydrogen-bond donors (Lipinski definition) is 1. The average molecular weight is 585 g/mol. The van der Waals surface area contributed by atoms with Crippen molar-refractivity contribution in [1.82, 2.24) is 0 Å². The third kappa shape index (κ3) is 4.93. The van der Waals surface area contributed by atoms with Gasteiger partial charge >= 0.3 is 0 Å². The van der Waals surface area contributed by atoms with Gasteiger partial charge in [0.1, 0.15) is 5.82 Å². The summed E-state index contributed by atoms with van der Waals surface area (Å²) in [6.45, 7) is 6.29. The molecular formula is C32H30BrN3OS. The molecule has 0 saturated carbocycles. The van der Waals surface area contributed by atoms with Gasteiger partial charge in [0.05, 0.1) is 17.6 Å². The maximum atomic E-state index is 13.5. The van der Waals surface area contributed by atoms with E-state index in [4.69, 9.17) is 5.73 Å². The van der Waals surface area contributed by atoms with Crippen LogP contribution in [0.25, 0.3) is 0 Å². The molecule has 1 aliphatic carbocycles. The van der Waals surface area contributed by atoms with E-state index in [1.54, 1.807) is 11.8 Å². The highest BCUT2D eigenvalue weighted by atomic mass is 79.9. The van der Waals surface area contributed by atoms with Gasteiger partial charge in [0.25, 0.3) is 0 Å². The Morgan fingerprint density at radius 1 is 1.03 bits per heavy atom. The van der Waals surface area contributed by atoms with Crippen LogP contribution in [0.1, 0.15) is 53.0 Å². The number of nitrogens with zero attached hydrogens (tertiary/aromatic N) is 2. The SMILES string of the molecule is Cc1ccc(SCc2cc(C3C(C#N)=C(N)N(c4ccc(Br)cc4)C4=C3C(=O)CCC4)c(C)cc2C)cc1. The molecule has 38 heavy (non-hydrogen) atoms. The highest BCUT2D eigenvalue weighted by Crippen LogP contribution is 2.47. The van der Waals surface area contributed by atoms with Gasteiger partial charge in [-0.3, -0.25) is 9.69 Å². The molecule has 6 heteroatoms. The number of thioether (sulfide) groups is 1. The first-order valence-corrected chi connectivity index (χ1v) is 14.6. The summed E-state index contributed by atoms with van der Waals surface area (Å²) in [5.41, 5.74) is 15.4. The maximum Gasteiger partial charge on any atom is 0.161 e. The fourth-order valence-corrected chi connectivity index (χ4v) is 6.69. The summed E-state index contributed by atoms with van der Waals surface area (Å²) in [7, 11) is 0. The van der Waals surface area contributed by atoms with Gasteiger partial charge in [-0.1, -0.05) is 45.8 Å². The molecule has 0 bridgehead atoms. The number of halogens is 1. The van der Waals surface area contributed by atoms with E-state index in [9.17, 15) is 10.1 Å². The Morgan fingerprint density at radius 2 is 1.74 bits per heavy atom. The largest absolute Gasteiger partial charge is 0.384 e. The Kier molecular flexibility index (Phi) is 7.52. The molecule has 1 aliphatic heterocycles. The number of allylic oxidation sites excluding steroid dienone is 3. The number of nitrogens with two attached hydrogens (primary N) is 1. The van der Waals surface area contributed by atoms with Gasteiger partial charge < -0.3 is 5.73 Å². The van der Waals surface area contributed by atoms with Gasteiger partial charge in [0.15, 0.2) is 5.78 Å². The number of aryl methyl sites for hydroxylation is 3. The van der Waals surface area contributed by atoms with Gasteiger partial charge in [-0.2, -0.15) is 5.26 Å². The third-order valence-electron chi connectivity index (χ3n) is 7.45. The summed E-state index contributed by atoms with van der Waals surface area (Å²) in [6, 6.07) is 23.2. The lowest BCUT2D eigenvalue weighted by Crippen LogP contribution is -2.38. The van der Waals surface area contributed by atoms with Crippen LogP contribution < -0.4 is 10.6 Å². The smallest absolute Gasteiger partial charge is 0.161 e. The summed E-state index contributed by atoms with van der Waals surface area (Å²) >= 11 is 5.29. The van der Waals surface area contributed by atoms with Gasteiger partial charge in [-0.25, -0.2) is 0 Å². The highest BCUT2D eigenvalue weighted by molar-refractivity contribution is 9.10. The van der Waals surface area contributed by atoms with Crippen LogP contribution in [-0.2, 0) is 10.5 Å². The molecule has 5 rings (SSSR count). The van der Waals surface area contributed by atoms with Crippen molar-refractivity contribution in [1.29, 1.82) is 5.26 Å². The summed E-state index contributed by atoms with van der Waals surface area (Å²) in [5, 5.41) is 10.4. The molecular weight excluding hydrogens is 554 g/mol. The lowest BCUT2D eigenvalue weighted by molar-refractivity contribution is -0.116. The van der Waals surface area contributed by atoms with Crippen LogP contribution in [0.2, 0.25) is 0 Å². The first-order valence-electron chi connectivity index (χ1n) is 12.8. The van der Waals surface area contributed by atoms with Crippen molar-refractivity contribution >= 4 is 39.2 Å². The number of ketones is 1. The number of carbonyl (C=O) groups excluding carboxylic acids is 1. The monoisotopic (exact) mass is 583 g/mol. The zero-order valence-electron chi connectivity index (χ0n) is 21.8. The summed E-state index contributed by atoms with van der Waals surface area (Å²) in [6.07, 6.45) is 2.01. The van der Waals surface area contributed by atoms with Crippen molar-refractivity contribution in [2.75, 3.05) is 4.90 Å². The van der Waals surface area contributed by atoms with Crippen molar-refractivity contribution in [2.45, 2.75) is 56.6 Å². The molecule has 1 atom stereocenters. The van der Waals surface area contributed by atoms with Gasteiger partial charge in [-0.05, 0) is 92.3 Å². The molecule has 3 aromatic carbocycles. The Hall–Kier alpha value is -3.27. The average Bonchev–Trinajstić information content (AvgIpc) is 2.90. The molecule has 4 nitrogen and oxygen atoms in total. The van der Waals surface area contributed by atoms with E-state index in [0.29, 0.717) is 23.4 Å². The number of benzene rings is 3. The molecule has 0 spiro atoms. The molecule has 0 amide bonds. The zero-order chi connectivity index (χ0) is 27.0. The Bertz CT molecular complexity index is 1510. The lowest BCUT2D eigenvalue weighted by atomic mass is 9.74. The topological polar surface area (TPSA) is 70.1 Å².